The average Bonchev–Trinajstić information content (AvgIpc) is 3.34. The number of carbonyl (C=O) groups is 2. The Morgan fingerprint density at radius 1 is 1.05 bits per heavy atom. The first-order valence-electron chi connectivity index (χ1n) is 12.4. The highest BCUT2D eigenvalue weighted by Gasteiger charge is 2.53. The third-order valence-corrected chi connectivity index (χ3v) is 8.59. The minimum Gasteiger partial charge on any atom is -0.343 e. The molecule has 2 aliphatic heterocycles. The van der Waals surface area contributed by atoms with Gasteiger partial charge in [-0.1, -0.05) is 41.4 Å². The van der Waals surface area contributed by atoms with Crippen LogP contribution in [0.5, 0.6) is 0 Å². The molecule has 2 N–H and O–H groups in total. The third kappa shape index (κ3) is 5.33. The minimum atomic E-state index is -4.45. The number of rotatable bonds is 6. The van der Waals surface area contributed by atoms with Gasteiger partial charge in [0, 0.05) is 41.5 Å². The Morgan fingerprint density at radius 2 is 1.78 bits per heavy atom. The first-order valence-corrected chi connectivity index (χ1v) is 13.2. The highest BCUT2D eigenvalue weighted by Crippen LogP contribution is 2.51. The summed E-state index contributed by atoms with van der Waals surface area (Å²) >= 11 is 12.5. The maximum absolute atomic E-state index is 13.7. The third-order valence-electron chi connectivity index (χ3n) is 8.04. The van der Waals surface area contributed by atoms with Crippen molar-refractivity contribution in [1.29, 1.82) is 0 Å². The van der Waals surface area contributed by atoms with Gasteiger partial charge in [0.25, 0.3) is 0 Å². The predicted molar refractivity (Wildman–Crippen MR) is 136 cm³/mol. The fourth-order valence-corrected chi connectivity index (χ4v) is 6.26. The van der Waals surface area contributed by atoms with Crippen molar-refractivity contribution in [3.63, 3.8) is 0 Å². The second kappa shape index (κ2) is 9.79. The van der Waals surface area contributed by atoms with Crippen molar-refractivity contribution in [2.45, 2.75) is 49.7 Å². The predicted octanol–water partition coefficient (Wildman–Crippen LogP) is 4.98. The topological polar surface area (TPSA) is 61.4 Å². The van der Waals surface area contributed by atoms with Gasteiger partial charge in [-0.2, -0.15) is 13.2 Å². The summed E-state index contributed by atoms with van der Waals surface area (Å²) in [7, 11) is 0. The summed E-state index contributed by atoms with van der Waals surface area (Å²) in [5.74, 6) is -0.520. The Hall–Kier alpha value is -2.29. The van der Waals surface area contributed by atoms with Gasteiger partial charge in [0.2, 0.25) is 11.8 Å². The van der Waals surface area contributed by atoms with E-state index in [-0.39, 0.29) is 23.7 Å². The van der Waals surface area contributed by atoms with Crippen LogP contribution in [0.4, 0.5) is 13.2 Å². The lowest BCUT2D eigenvalue weighted by Crippen LogP contribution is -2.52. The number of amides is 2. The zero-order chi connectivity index (χ0) is 26.4. The Kier molecular flexibility index (Phi) is 6.96. The Balaban J connectivity index is 1.38. The maximum atomic E-state index is 13.7. The van der Waals surface area contributed by atoms with Gasteiger partial charge in [-0.3, -0.25) is 9.59 Å². The fourth-order valence-electron chi connectivity index (χ4n) is 5.67. The van der Waals surface area contributed by atoms with Crippen LogP contribution in [-0.4, -0.2) is 48.9 Å². The number of alkyl halides is 3. The summed E-state index contributed by atoms with van der Waals surface area (Å²) < 4.78 is 39.1. The van der Waals surface area contributed by atoms with E-state index in [9.17, 15) is 22.8 Å². The molecular weight excluding hydrogens is 526 g/mol. The molecule has 1 saturated carbocycles. The molecule has 10 heteroatoms. The van der Waals surface area contributed by atoms with E-state index in [4.69, 9.17) is 23.2 Å². The van der Waals surface area contributed by atoms with Crippen LogP contribution in [0.15, 0.2) is 42.5 Å². The lowest BCUT2D eigenvalue weighted by molar-refractivity contribution is -0.137. The molecule has 2 saturated heterocycles. The van der Waals surface area contributed by atoms with Crippen molar-refractivity contribution in [1.82, 2.24) is 15.5 Å². The van der Waals surface area contributed by atoms with E-state index in [1.807, 2.05) is 0 Å². The first kappa shape index (κ1) is 26.3. The van der Waals surface area contributed by atoms with Crippen molar-refractivity contribution in [3.8, 4) is 0 Å². The number of nitrogens with zero attached hydrogens (tertiary/aromatic N) is 1. The molecule has 2 heterocycles. The van der Waals surface area contributed by atoms with Crippen LogP contribution in [0.2, 0.25) is 10.0 Å². The summed E-state index contributed by atoms with van der Waals surface area (Å²) in [6.45, 7) is 2.96. The molecule has 2 aromatic rings. The highest BCUT2D eigenvalue weighted by atomic mass is 35.5. The molecule has 3 aliphatic rings. The van der Waals surface area contributed by atoms with Gasteiger partial charge in [-0.05, 0) is 67.6 Å². The molecule has 5 nitrogen and oxygen atoms in total. The molecule has 5 rings (SSSR count). The van der Waals surface area contributed by atoms with Gasteiger partial charge in [0.05, 0.1) is 11.0 Å². The molecule has 0 bridgehead atoms. The van der Waals surface area contributed by atoms with E-state index in [0.29, 0.717) is 47.1 Å². The molecule has 2 aromatic carbocycles. The zero-order valence-electron chi connectivity index (χ0n) is 20.1. The van der Waals surface area contributed by atoms with E-state index >= 15 is 0 Å². The zero-order valence-corrected chi connectivity index (χ0v) is 21.6. The van der Waals surface area contributed by atoms with Gasteiger partial charge < -0.3 is 15.5 Å². The SMILES string of the molecule is O=C([C@H](Cc1ccc(C(F)(F)F)cc1)NC(=O)C1(c2ccc(Cl)cc2Cl)CC1)N1CCC2(CCNC2)C1. The molecule has 3 fully saturated rings. The number of likely N-dealkylation sites (tertiary alicyclic amines) is 1. The first-order chi connectivity index (χ1) is 17.5. The van der Waals surface area contributed by atoms with E-state index in [2.05, 4.69) is 10.6 Å². The average molecular weight is 554 g/mol. The normalized spacial score (nSPS) is 23.3. The van der Waals surface area contributed by atoms with Crippen molar-refractivity contribution >= 4 is 35.0 Å². The van der Waals surface area contributed by atoms with Gasteiger partial charge in [0.1, 0.15) is 6.04 Å². The molecule has 2 atom stereocenters. The number of benzene rings is 2. The lowest BCUT2D eigenvalue weighted by Gasteiger charge is -2.28. The van der Waals surface area contributed by atoms with E-state index < -0.39 is 23.2 Å². The Morgan fingerprint density at radius 3 is 2.38 bits per heavy atom. The summed E-state index contributed by atoms with van der Waals surface area (Å²) in [6.07, 6.45) is -1.31. The van der Waals surface area contributed by atoms with Crippen molar-refractivity contribution in [2.75, 3.05) is 26.2 Å². The summed E-state index contributed by atoms with van der Waals surface area (Å²) in [4.78, 5) is 29.1. The van der Waals surface area contributed by atoms with Crippen molar-refractivity contribution in [3.05, 3.63) is 69.2 Å². The van der Waals surface area contributed by atoms with Crippen LogP contribution in [0.3, 0.4) is 0 Å². The standard InChI is InChI=1S/C27H28Cl2F3N3O2/c28-19-5-6-20(21(29)14-19)26(7-8-26)24(37)34-22(13-17-1-3-18(4-2-17)27(30,31)32)23(36)35-12-10-25(16-35)9-11-33-15-25/h1-6,14,22,33H,7-13,15-16H2,(H,34,37)/t22-,25?/m0/s1. The minimum absolute atomic E-state index is 0.0487. The summed E-state index contributed by atoms with van der Waals surface area (Å²) in [6, 6.07) is 8.84. The molecule has 0 aromatic heterocycles. The van der Waals surface area contributed by atoms with E-state index in [1.54, 1.807) is 23.1 Å². The second-order valence-electron chi connectivity index (χ2n) is 10.6. The summed E-state index contributed by atoms with van der Waals surface area (Å²) in [5, 5.41) is 7.17. The molecule has 0 radical (unpaired) electrons. The van der Waals surface area contributed by atoms with Crippen LogP contribution in [0.1, 0.15) is 42.4 Å². The number of nitrogens with one attached hydrogen (secondary N) is 2. The smallest absolute Gasteiger partial charge is 0.343 e. The van der Waals surface area contributed by atoms with Crippen molar-refractivity contribution in [2.24, 2.45) is 5.41 Å². The van der Waals surface area contributed by atoms with Gasteiger partial charge in [0.15, 0.2) is 0 Å². The number of carbonyl (C=O) groups excluding carboxylic acids is 2. The van der Waals surface area contributed by atoms with Crippen LogP contribution in [0, 0.1) is 5.41 Å². The van der Waals surface area contributed by atoms with Crippen LogP contribution in [0.25, 0.3) is 0 Å². The maximum Gasteiger partial charge on any atom is 0.416 e. The number of hydrogen-bond acceptors (Lipinski definition) is 3. The monoisotopic (exact) mass is 553 g/mol. The van der Waals surface area contributed by atoms with E-state index in [0.717, 1.165) is 38.1 Å². The molecule has 2 amide bonds. The molecule has 37 heavy (non-hydrogen) atoms. The number of hydrogen-bond donors (Lipinski definition) is 2. The fraction of sp³-hybridized carbons (Fsp3) is 0.481. The molecule has 1 unspecified atom stereocenters. The van der Waals surface area contributed by atoms with Crippen LogP contribution in [-0.2, 0) is 27.6 Å². The second-order valence-corrected chi connectivity index (χ2v) is 11.4. The van der Waals surface area contributed by atoms with Gasteiger partial charge >= 0.3 is 6.18 Å². The van der Waals surface area contributed by atoms with Crippen LogP contribution < -0.4 is 10.6 Å². The van der Waals surface area contributed by atoms with Gasteiger partial charge in [-0.15, -0.1) is 0 Å². The highest BCUT2D eigenvalue weighted by molar-refractivity contribution is 6.35. The lowest BCUT2D eigenvalue weighted by atomic mass is 9.86. The van der Waals surface area contributed by atoms with Gasteiger partial charge in [-0.25, -0.2) is 0 Å². The van der Waals surface area contributed by atoms with Crippen LogP contribution >= 0.6 is 23.2 Å². The molecular formula is C27H28Cl2F3N3O2. The number of halogens is 5. The molecule has 198 valence electrons. The van der Waals surface area contributed by atoms with E-state index in [1.165, 1.54) is 12.1 Å². The largest absolute Gasteiger partial charge is 0.416 e. The van der Waals surface area contributed by atoms with Crippen molar-refractivity contribution < 1.29 is 22.8 Å². The molecule has 1 spiro atoms. The molecule has 1 aliphatic carbocycles. The Labute approximate surface area is 223 Å². The quantitative estimate of drug-likeness (QED) is 0.530. The Bertz CT molecular complexity index is 1190. The summed E-state index contributed by atoms with van der Waals surface area (Å²) in [5.41, 5.74) is -0.353.